The van der Waals surface area contributed by atoms with E-state index >= 15 is 0 Å². The number of urea groups is 1. The summed E-state index contributed by atoms with van der Waals surface area (Å²) in [4.78, 5) is 35.3. The third-order valence-corrected chi connectivity index (χ3v) is 4.46. The van der Waals surface area contributed by atoms with E-state index in [9.17, 15) is 18.0 Å². The number of carbonyl (C=O) groups is 2. The van der Waals surface area contributed by atoms with E-state index in [1.54, 1.807) is 0 Å². The van der Waals surface area contributed by atoms with Crippen LogP contribution in [0.25, 0.3) is 0 Å². The van der Waals surface area contributed by atoms with Crippen LogP contribution in [-0.4, -0.2) is 74.7 Å². The number of piperidine rings is 1. The Hall–Kier alpha value is -1.39. The number of amides is 3. The Labute approximate surface area is 123 Å². The minimum absolute atomic E-state index is 0.0299. The van der Waals surface area contributed by atoms with Gasteiger partial charge < -0.3 is 4.90 Å². The lowest BCUT2D eigenvalue weighted by atomic mass is 10.0. The van der Waals surface area contributed by atoms with E-state index < -0.39 is 21.8 Å². The summed E-state index contributed by atoms with van der Waals surface area (Å²) in [5, 5.41) is 1.28. The van der Waals surface area contributed by atoms with Gasteiger partial charge in [0.25, 0.3) is 5.91 Å². The van der Waals surface area contributed by atoms with Gasteiger partial charge in [-0.1, -0.05) is 0 Å². The maximum atomic E-state index is 12.0. The van der Waals surface area contributed by atoms with Gasteiger partial charge in [0.15, 0.2) is 0 Å². The lowest BCUT2D eigenvalue weighted by molar-refractivity contribution is -0.138. The lowest BCUT2D eigenvalue weighted by Gasteiger charge is -2.28. The van der Waals surface area contributed by atoms with Gasteiger partial charge in [0.2, 0.25) is 0 Å². The van der Waals surface area contributed by atoms with E-state index in [0.717, 1.165) is 6.26 Å². The smallest absolute Gasteiger partial charge is 0.309 e. The molecule has 10 heteroatoms. The molecule has 0 aromatic carbocycles. The maximum absolute atomic E-state index is 12.0. The number of sulfone groups is 1. The molecule has 0 aromatic heterocycles. The van der Waals surface area contributed by atoms with Crippen molar-refractivity contribution in [3.8, 4) is 0 Å². The fraction of sp³-hybridized carbons (Fsp3) is 0.818. The highest BCUT2D eigenvalue weighted by molar-refractivity contribution is 7.90. The molecule has 0 spiro atoms. The van der Waals surface area contributed by atoms with Crippen molar-refractivity contribution in [3.63, 3.8) is 0 Å². The van der Waals surface area contributed by atoms with Gasteiger partial charge in [-0.05, 0) is 12.8 Å². The van der Waals surface area contributed by atoms with Gasteiger partial charge >= 0.3 is 6.03 Å². The van der Waals surface area contributed by atoms with Crippen LogP contribution in [0.5, 0.6) is 0 Å². The summed E-state index contributed by atoms with van der Waals surface area (Å²) in [5.41, 5.74) is 2.20. The van der Waals surface area contributed by atoms with E-state index in [-0.39, 0.29) is 24.4 Å². The molecule has 0 aliphatic carbocycles. The van der Waals surface area contributed by atoms with Gasteiger partial charge in [0.1, 0.15) is 15.9 Å². The molecular formula is C11H19N3O6S. The number of nitrogens with zero attached hydrogens (tertiary/aromatic N) is 2. The molecule has 2 saturated heterocycles. The fourth-order valence-corrected chi connectivity index (χ4v) is 2.91. The molecule has 9 nitrogen and oxygen atoms in total. The molecule has 2 bridgehead atoms. The Balaban J connectivity index is 1.85. The molecule has 0 unspecified atom stereocenters. The average Bonchev–Trinajstić information content (AvgIpc) is 2.65. The van der Waals surface area contributed by atoms with Gasteiger partial charge in [-0.15, -0.1) is 0 Å². The van der Waals surface area contributed by atoms with E-state index in [4.69, 9.17) is 9.68 Å². The van der Waals surface area contributed by atoms with Crippen molar-refractivity contribution in [1.82, 2.24) is 15.4 Å². The Morgan fingerprint density at radius 1 is 1.43 bits per heavy atom. The predicted octanol–water partition coefficient (Wildman–Crippen LogP) is -1.09. The number of fused-ring (bicyclic) bond motifs is 2. The van der Waals surface area contributed by atoms with E-state index in [2.05, 4.69) is 5.48 Å². The van der Waals surface area contributed by atoms with Crippen LogP contribution in [0.1, 0.15) is 12.8 Å². The number of hydrogen-bond donors (Lipinski definition) is 1. The fourth-order valence-electron chi connectivity index (χ4n) is 2.52. The highest BCUT2D eigenvalue weighted by atomic mass is 32.2. The topological polar surface area (TPSA) is 105 Å². The molecule has 2 aliphatic rings. The molecule has 3 amide bonds. The molecular weight excluding hydrogens is 302 g/mol. The van der Waals surface area contributed by atoms with Crippen LogP contribution in [0.3, 0.4) is 0 Å². The van der Waals surface area contributed by atoms with Crippen LogP contribution in [-0.2, 0) is 24.3 Å². The number of hydrogen-bond acceptors (Lipinski definition) is 6. The van der Waals surface area contributed by atoms with Crippen molar-refractivity contribution in [2.45, 2.75) is 24.9 Å². The normalized spacial score (nSPS) is 25.3. The second kappa shape index (κ2) is 6.16. The van der Waals surface area contributed by atoms with E-state index in [1.165, 1.54) is 17.1 Å². The molecule has 2 rings (SSSR count). The number of rotatable bonds is 6. The summed E-state index contributed by atoms with van der Waals surface area (Å²) in [7, 11) is -1.72. The van der Waals surface area contributed by atoms with Gasteiger partial charge in [-0.3, -0.25) is 14.5 Å². The van der Waals surface area contributed by atoms with Crippen LogP contribution in [0, 0.1) is 0 Å². The third kappa shape index (κ3) is 3.63. The lowest BCUT2D eigenvalue weighted by Crippen LogP contribution is -2.49. The Bertz CT molecular complexity index is 522. The van der Waals surface area contributed by atoms with E-state index in [0.29, 0.717) is 19.4 Å². The van der Waals surface area contributed by atoms with Crippen molar-refractivity contribution >= 4 is 21.8 Å². The Morgan fingerprint density at radius 2 is 2.14 bits per heavy atom. The minimum Gasteiger partial charge on any atom is -0.309 e. The first-order valence-corrected chi connectivity index (χ1v) is 8.63. The Kier molecular flexibility index (Phi) is 4.69. The first-order chi connectivity index (χ1) is 9.83. The summed E-state index contributed by atoms with van der Waals surface area (Å²) in [6.07, 6.45) is 2.26. The van der Waals surface area contributed by atoms with Gasteiger partial charge in [-0.25, -0.2) is 18.7 Å². The number of nitrogens with one attached hydrogen (secondary N) is 1. The molecule has 120 valence electrons. The molecule has 2 fully saturated rings. The molecule has 2 atom stereocenters. The maximum Gasteiger partial charge on any atom is 0.345 e. The van der Waals surface area contributed by atoms with Gasteiger partial charge in [-0.2, -0.15) is 5.06 Å². The Morgan fingerprint density at radius 3 is 2.76 bits per heavy atom. The van der Waals surface area contributed by atoms with E-state index in [1.807, 2.05) is 0 Å². The quantitative estimate of drug-likeness (QED) is 0.492. The number of hydroxylamine groups is 3. The summed E-state index contributed by atoms with van der Waals surface area (Å²) < 4.78 is 21.9. The van der Waals surface area contributed by atoms with Crippen molar-refractivity contribution in [1.29, 1.82) is 0 Å². The average molecular weight is 321 g/mol. The molecule has 21 heavy (non-hydrogen) atoms. The van der Waals surface area contributed by atoms with Crippen molar-refractivity contribution in [2.75, 3.05) is 32.3 Å². The summed E-state index contributed by atoms with van der Waals surface area (Å²) in [5.74, 6) is -0.631. The standard InChI is InChI=1S/C11H19N3O6S/c1-19-14-8-3-4-9(13(7-8)11(14)16)10(15)12-20-5-6-21(2,17)18/h8-9H,3-7H2,1-2H3,(H,12,15)/t8-,9+/m1/s1. The second-order valence-electron chi connectivity index (χ2n) is 5.13. The van der Waals surface area contributed by atoms with Crippen LogP contribution in [0.15, 0.2) is 0 Å². The van der Waals surface area contributed by atoms with Crippen molar-refractivity contribution < 1.29 is 27.7 Å². The van der Waals surface area contributed by atoms with Crippen LogP contribution >= 0.6 is 0 Å². The first kappa shape index (κ1) is 16.0. The zero-order chi connectivity index (χ0) is 15.6. The summed E-state index contributed by atoms with van der Waals surface area (Å²) in [6.45, 7) is 0.312. The molecule has 1 N–H and O–H groups in total. The highest BCUT2D eigenvalue weighted by Crippen LogP contribution is 2.29. The molecule has 0 radical (unpaired) electrons. The van der Waals surface area contributed by atoms with Crippen LogP contribution in [0.4, 0.5) is 4.79 Å². The second-order valence-corrected chi connectivity index (χ2v) is 7.39. The zero-order valence-corrected chi connectivity index (χ0v) is 12.8. The predicted molar refractivity (Wildman–Crippen MR) is 71.6 cm³/mol. The number of carbonyl (C=O) groups excluding carboxylic acids is 2. The summed E-state index contributed by atoms with van der Waals surface area (Å²) >= 11 is 0. The van der Waals surface area contributed by atoms with Crippen LogP contribution < -0.4 is 5.48 Å². The first-order valence-electron chi connectivity index (χ1n) is 6.57. The third-order valence-electron chi connectivity index (χ3n) is 3.55. The molecule has 2 aliphatic heterocycles. The highest BCUT2D eigenvalue weighted by Gasteiger charge is 2.47. The molecule has 2 heterocycles. The molecule has 0 aromatic rings. The van der Waals surface area contributed by atoms with Crippen molar-refractivity contribution in [2.24, 2.45) is 0 Å². The van der Waals surface area contributed by atoms with Gasteiger partial charge in [0.05, 0.1) is 25.5 Å². The van der Waals surface area contributed by atoms with Crippen LogP contribution in [0.2, 0.25) is 0 Å². The largest absolute Gasteiger partial charge is 0.345 e. The zero-order valence-electron chi connectivity index (χ0n) is 11.9. The molecule has 0 saturated carbocycles. The SMILES string of the molecule is CON1C(=O)N2C[C@H]1CC[C@H]2C(=O)NOCCS(C)(=O)=O. The minimum atomic E-state index is -3.14. The monoisotopic (exact) mass is 321 g/mol. The summed E-state index contributed by atoms with van der Waals surface area (Å²) in [6, 6.07) is -0.985. The van der Waals surface area contributed by atoms with Crippen molar-refractivity contribution in [3.05, 3.63) is 0 Å². The van der Waals surface area contributed by atoms with Gasteiger partial charge in [0, 0.05) is 12.8 Å².